The number of nitrogens with zero attached hydrogens (tertiary/aromatic N) is 1. The fourth-order valence-corrected chi connectivity index (χ4v) is 2.04. The summed E-state index contributed by atoms with van der Waals surface area (Å²) in [5, 5.41) is 2.91. The van der Waals surface area contributed by atoms with Gasteiger partial charge in [0.15, 0.2) is 0 Å². The molecule has 0 spiro atoms. The van der Waals surface area contributed by atoms with Crippen LogP contribution in [0.2, 0.25) is 0 Å². The molecule has 0 unspecified atom stereocenters. The Morgan fingerprint density at radius 1 is 1.12 bits per heavy atom. The second kappa shape index (κ2) is 7.30. The SMILES string of the molecule is Cl.O=C(CN1CCCCC1)Nc1ccccc1. The van der Waals surface area contributed by atoms with Gasteiger partial charge in [-0.15, -0.1) is 12.4 Å². The molecule has 3 nitrogen and oxygen atoms in total. The van der Waals surface area contributed by atoms with Crippen molar-refractivity contribution in [3.8, 4) is 0 Å². The van der Waals surface area contributed by atoms with Crippen molar-refractivity contribution in [1.82, 2.24) is 4.90 Å². The third-order valence-electron chi connectivity index (χ3n) is 2.87. The number of halogens is 1. The molecule has 4 heteroatoms. The minimum Gasteiger partial charge on any atom is -0.325 e. The molecule has 1 amide bonds. The topological polar surface area (TPSA) is 32.3 Å². The van der Waals surface area contributed by atoms with Crippen molar-refractivity contribution in [1.29, 1.82) is 0 Å². The molecule has 94 valence electrons. The van der Waals surface area contributed by atoms with Crippen molar-refractivity contribution in [3.05, 3.63) is 30.3 Å². The van der Waals surface area contributed by atoms with Crippen molar-refractivity contribution in [2.24, 2.45) is 0 Å². The van der Waals surface area contributed by atoms with Crippen LogP contribution in [-0.4, -0.2) is 30.4 Å². The Morgan fingerprint density at radius 2 is 1.76 bits per heavy atom. The van der Waals surface area contributed by atoms with Gasteiger partial charge in [-0.2, -0.15) is 0 Å². The number of nitrogens with one attached hydrogen (secondary N) is 1. The molecule has 0 aliphatic carbocycles. The number of anilines is 1. The number of rotatable bonds is 3. The Morgan fingerprint density at radius 3 is 2.41 bits per heavy atom. The highest BCUT2D eigenvalue weighted by Gasteiger charge is 2.13. The molecule has 0 atom stereocenters. The van der Waals surface area contributed by atoms with Crippen LogP contribution in [0.4, 0.5) is 5.69 Å². The molecule has 0 aromatic heterocycles. The molecule has 1 saturated heterocycles. The van der Waals surface area contributed by atoms with Gasteiger partial charge in [0.25, 0.3) is 0 Å². The van der Waals surface area contributed by atoms with Crippen molar-refractivity contribution >= 4 is 24.0 Å². The molecule has 0 radical (unpaired) electrons. The minimum atomic E-state index is 0. The van der Waals surface area contributed by atoms with E-state index < -0.39 is 0 Å². The van der Waals surface area contributed by atoms with E-state index >= 15 is 0 Å². The van der Waals surface area contributed by atoms with E-state index in [4.69, 9.17) is 0 Å². The molecule has 0 bridgehead atoms. The van der Waals surface area contributed by atoms with Crippen LogP contribution in [0.25, 0.3) is 0 Å². The Labute approximate surface area is 109 Å². The highest BCUT2D eigenvalue weighted by Crippen LogP contribution is 2.09. The lowest BCUT2D eigenvalue weighted by Gasteiger charge is -2.25. The summed E-state index contributed by atoms with van der Waals surface area (Å²) < 4.78 is 0. The van der Waals surface area contributed by atoms with Crippen molar-refractivity contribution in [3.63, 3.8) is 0 Å². The summed E-state index contributed by atoms with van der Waals surface area (Å²) in [6, 6.07) is 9.62. The van der Waals surface area contributed by atoms with E-state index in [1.807, 2.05) is 30.3 Å². The molecule has 17 heavy (non-hydrogen) atoms. The summed E-state index contributed by atoms with van der Waals surface area (Å²) in [5.41, 5.74) is 0.879. The van der Waals surface area contributed by atoms with Crippen LogP contribution in [-0.2, 0) is 4.79 Å². The third-order valence-corrected chi connectivity index (χ3v) is 2.87. The fraction of sp³-hybridized carbons (Fsp3) is 0.462. The number of amides is 1. The summed E-state index contributed by atoms with van der Waals surface area (Å²) >= 11 is 0. The van der Waals surface area contributed by atoms with E-state index in [9.17, 15) is 4.79 Å². The van der Waals surface area contributed by atoms with Crippen molar-refractivity contribution < 1.29 is 4.79 Å². The standard InChI is InChI=1S/C13H18N2O.ClH/c16-13(11-15-9-5-2-6-10-15)14-12-7-3-1-4-8-12;/h1,3-4,7-8H,2,5-6,9-11H2,(H,14,16);1H. The zero-order chi connectivity index (χ0) is 11.2. The highest BCUT2D eigenvalue weighted by molar-refractivity contribution is 5.92. The van der Waals surface area contributed by atoms with Crippen LogP contribution in [0.3, 0.4) is 0 Å². The number of benzene rings is 1. The van der Waals surface area contributed by atoms with Gasteiger partial charge in [-0.3, -0.25) is 9.69 Å². The average Bonchev–Trinajstić information content (AvgIpc) is 2.31. The van der Waals surface area contributed by atoms with Gasteiger partial charge in [0, 0.05) is 5.69 Å². The van der Waals surface area contributed by atoms with Gasteiger partial charge in [-0.1, -0.05) is 24.6 Å². The number of carbonyl (C=O) groups is 1. The maximum Gasteiger partial charge on any atom is 0.238 e. The van der Waals surface area contributed by atoms with Crippen LogP contribution >= 0.6 is 12.4 Å². The van der Waals surface area contributed by atoms with Gasteiger partial charge < -0.3 is 5.32 Å². The van der Waals surface area contributed by atoms with Crippen LogP contribution in [0.1, 0.15) is 19.3 Å². The molecular weight excluding hydrogens is 236 g/mol. The molecule has 1 aromatic rings. The quantitative estimate of drug-likeness (QED) is 0.899. The zero-order valence-corrected chi connectivity index (χ0v) is 10.7. The van der Waals surface area contributed by atoms with Gasteiger partial charge in [-0.05, 0) is 38.1 Å². The third kappa shape index (κ3) is 4.75. The molecule has 1 aromatic carbocycles. The molecule has 0 saturated carbocycles. The first-order chi connectivity index (χ1) is 7.84. The monoisotopic (exact) mass is 254 g/mol. The smallest absolute Gasteiger partial charge is 0.238 e. The molecule has 1 aliphatic rings. The normalized spacial score (nSPS) is 16.0. The second-order valence-electron chi connectivity index (χ2n) is 4.25. The van der Waals surface area contributed by atoms with Gasteiger partial charge in [0.05, 0.1) is 6.54 Å². The first-order valence-electron chi connectivity index (χ1n) is 5.92. The highest BCUT2D eigenvalue weighted by atomic mass is 35.5. The first-order valence-corrected chi connectivity index (χ1v) is 5.92. The predicted molar refractivity (Wildman–Crippen MR) is 72.6 cm³/mol. The first kappa shape index (κ1) is 14.0. The lowest BCUT2D eigenvalue weighted by Crippen LogP contribution is -2.36. The van der Waals surface area contributed by atoms with E-state index in [0.29, 0.717) is 6.54 Å². The van der Waals surface area contributed by atoms with Gasteiger partial charge in [-0.25, -0.2) is 0 Å². The predicted octanol–water partition coefficient (Wildman–Crippen LogP) is 2.53. The van der Waals surface area contributed by atoms with E-state index in [2.05, 4.69) is 10.2 Å². The molecule has 2 rings (SSSR count). The Bertz CT molecular complexity index is 337. The maximum absolute atomic E-state index is 11.7. The van der Waals surface area contributed by atoms with Crippen molar-refractivity contribution in [2.45, 2.75) is 19.3 Å². The van der Waals surface area contributed by atoms with Crippen molar-refractivity contribution in [2.75, 3.05) is 25.0 Å². The van der Waals surface area contributed by atoms with Gasteiger partial charge >= 0.3 is 0 Å². The largest absolute Gasteiger partial charge is 0.325 e. The summed E-state index contributed by atoms with van der Waals surface area (Å²) in [4.78, 5) is 14.0. The minimum absolute atomic E-state index is 0. The molecular formula is C13H19ClN2O. The van der Waals surface area contributed by atoms with E-state index in [-0.39, 0.29) is 18.3 Å². The Balaban J connectivity index is 0.00000144. The van der Waals surface area contributed by atoms with Gasteiger partial charge in [0.1, 0.15) is 0 Å². The second-order valence-corrected chi connectivity index (χ2v) is 4.25. The van der Waals surface area contributed by atoms with E-state index in [1.165, 1.54) is 19.3 Å². The lowest BCUT2D eigenvalue weighted by atomic mass is 10.1. The molecule has 1 N–H and O–H groups in total. The number of piperidine rings is 1. The van der Waals surface area contributed by atoms with Gasteiger partial charge in [0.2, 0.25) is 5.91 Å². The Hall–Kier alpha value is -1.06. The average molecular weight is 255 g/mol. The number of hydrogen-bond donors (Lipinski definition) is 1. The number of hydrogen-bond acceptors (Lipinski definition) is 2. The van der Waals surface area contributed by atoms with E-state index in [1.54, 1.807) is 0 Å². The fourth-order valence-electron chi connectivity index (χ4n) is 2.04. The van der Waals surface area contributed by atoms with Crippen LogP contribution in [0, 0.1) is 0 Å². The number of para-hydroxylation sites is 1. The molecule has 1 fully saturated rings. The Kier molecular flexibility index (Phi) is 6.01. The number of carbonyl (C=O) groups excluding carboxylic acids is 1. The zero-order valence-electron chi connectivity index (χ0n) is 9.89. The summed E-state index contributed by atoms with van der Waals surface area (Å²) in [6.45, 7) is 2.64. The summed E-state index contributed by atoms with van der Waals surface area (Å²) in [7, 11) is 0. The lowest BCUT2D eigenvalue weighted by molar-refractivity contribution is -0.117. The molecule has 1 heterocycles. The van der Waals surface area contributed by atoms with E-state index in [0.717, 1.165) is 18.8 Å². The number of likely N-dealkylation sites (tertiary alicyclic amines) is 1. The molecule has 1 aliphatic heterocycles. The summed E-state index contributed by atoms with van der Waals surface area (Å²) in [6.07, 6.45) is 3.74. The van der Waals surface area contributed by atoms with Crippen LogP contribution in [0.5, 0.6) is 0 Å². The summed E-state index contributed by atoms with van der Waals surface area (Å²) in [5.74, 6) is 0.0908. The van der Waals surface area contributed by atoms with Crippen LogP contribution in [0.15, 0.2) is 30.3 Å². The van der Waals surface area contributed by atoms with Crippen LogP contribution < -0.4 is 5.32 Å². The maximum atomic E-state index is 11.7.